The Bertz CT molecular complexity index is 145. The van der Waals surface area contributed by atoms with E-state index in [-0.39, 0.29) is 0 Å². The molecule has 0 radical (unpaired) electrons. The minimum absolute atomic E-state index is 0.533. The van der Waals surface area contributed by atoms with Gasteiger partial charge in [-0.05, 0) is 43.1 Å². The first kappa shape index (κ1) is 11.4. The summed E-state index contributed by atoms with van der Waals surface area (Å²) in [6.45, 7) is 5.95. The highest BCUT2D eigenvalue weighted by molar-refractivity contribution is 7.98. The molecular weight excluding hydrogens is 178 g/mol. The van der Waals surface area contributed by atoms with E-state index in [0.717, 1.165) is 6.04 Å². The molecule has 0 saturated heterocycles. The summed E-state index contributed by atoms with van der Waals surface area (Å²) in [4.78, 5) is 0. The number of hydrogen-bond donors (Lipinski definition) is 1. The van der Waals surface area contributed by atoms with Gasteiger partial charge in [0, 0.05) is 12.6 Å². The van der Waals surface area contributed by atoms with Crippen molar-refractivity contribution in [1.29, 1.82) is 0 Å². The van der Waals surface area contributed by atoms with E-state index in [1.165, 1.54) is 38.0 Å². The van der Waals surface area contributed by atoms with Crippen molar-refractivity contribution in [3.8, 4) is 0 Å². The van der Waals surface area contributed by atoms with Crippen molar-refractivity contribution in [1.82, 2.24) is 5.32 Å². The highest BCUT2D eigenvalue weighted by Crippen LogP contribution is 2.28. The minimum Gasteiger partial charge on any atom is -0.313 e. The van der Waals surface area contributed by atoms with E-state index >= 15 is 0 Å². The second kappa shape index (κ2) is 5.26. The zero-order valence-electron chi connectivity index (χ0n) is 9.23. The zero-order chi connectivity index (χ0) is 9.73. The van der Waals surface area contributed by atoms with Crippen molar-refractivity contribution >= 4 is 11.8 Å². The first-order valence-electron chi connectivity index (χ1n) is 5.42. The van der Waals surface area contributed by atoms with Crippen LogP contribution in [-0.4, -0.2) is 24.6 Å². The van der Waals surface area contributed by atoms with Gasteiger partial charge in [-0.15, -0.1) is 0 Å². The van der Waals surface area contributed by atoms with Crippen LogP contribution in [-0.2, 0) is 0 Å². The second-order valence-electron chi connectivity index (χ2n) is 4.56. The normalized spacial score (nSPS) is 21.5. The number of rotatable bonds is 7. The molecule has 78 valence electrons. The molecule has 1 fully saturated rings. The first-order chi connectivity index (χ1) is 6.20. The van der Waals surface area contributed by atoms with Crippen LogP contribution in [0.5, 0.6) is 0 Å². The Morgan fingerprint density at radius 2 is 2.15 bits per heavy atom. The Morgan fingerprint density at radius 3 is 2.62 bits per heavy atom. The van der Waals surface area contributed by atoms with Crippen LogP contribution in [0.15, 0.2) is 0 Å². The Kier molecular flexibility index (Phi) is 4.60. The van der Waals surface area contributed by atoms with Gasteiger partial charge in [0.15, 0.2) is 0 Å². The Labute approximate surface area is 87.1 Å². The van der Waals surface area contributed by atoms with Gasteiger partial charge in [-0.3, -0.25) is 0 Å². The van der Waals surface area contributed by atoms with Gasteiger partial charge in [-0.1, -0.05) is 13.8 Å². The lowest BCUT2D eigenvalue weighted by Gasteiger charge is -2.28. The summed E-state index contributed by atoms with van der Waals surface area (Å²) in [6.07, 6.45) is 7.66. The number of hydrogen-bond acceptors (Lipinski definition) is 2. The lowest BCUT2D eigenvalue weighted by atomic mass is 9.84. The molecule has 1 atom stereocenters. The molecule has 0 aromatic heterocycles. The summed E-state index contributed by atoms with van der Waals surface area (Å²) < 4.78 is 0. The largest absolute Gasteiger partial charge is 0.313 e. The molecular formula is C11H23NS. The van der Waals surface area contributed by atoms with Gasteiger partial charge in [-0.25, -0.2) is 0 Å². The molecule has 1 N–H and O–H groups in total. The average molecular weight is 201 g/mol. The Morgan fingerprint density at radius 1 is 1.46 bits per heavy atom. The van der Waals surface area contributed by atoms with E-state index in [2.05, 4.69) is 25.4 Å². The molecule has 0 aromatic rings. The van der Waals surface area contributed by atoms with Crippen molar-refractivity contribution in [2.75, 3.05) is 18.6 Å². The maximum absolute atomic E-state index is 3.65. The summed E-state index contributed by atoms with van der Waals surface area (Å²) in [5, 5.41) is 3.65. The van der Waals surface area contributed by atoms with Gasteiger partial charge in [0.1, 0.15) is 0 Å². The third-order valence-corrected chi connectivity index (χ3v) is 3.77. The Hall–Kier alpha value is 0.310. The molecule has 1 saturated carbocycles. The number of nitrogens with one attached hydrogen (secondary N) is 1. The molecule has 1 rings (SSSR count). The van der Waals surface area contributed by atoms with Crippen LogP contribution in [0.2, 0.25) is 0 Å². The third kappa shape index (κ3) is 4.37. The van der Waals surface area contributed by atoms with E-state index in [0.29, 0.717) is 5.41 Å². The lowest BCUT2D eigenvalue weighted by molar-refractivity contribution is 0.283. The van der Waals surface area contributed by atoms with Crippen LogP contribution < -0.4 is 5.32 Å². The maximum atomic E-state index is 3.65. The van der Waals surface area contributed by atoms with Crippen LogP contribution in [0.3, 0.4) is 0 Å². The van der Waals surface area contributed by atoms with Gasteiger partial charge in [-0.2, -0.15) is 11.8 Å². The van der Waals surface area contributed by atoms with Gasteiger partial charge in [0.05, 0.1) is 0 Å². The quantitative estimate of drug-likeness (QED) is 0.680. The van der Waals surface area contributed by atoms with Crippen molar-refractivity contribution < 1.29 is 0 Å². The molecule has 2 heteroatoms. The van der Waals surface area contributed by atoms with Crippen molar-refractivity contribution in [2.45, 2.75) is 45.6 Å². The molecule has 0 amide bonds. The summed E-state index contributed by atoms with van der Waals surface area (Å²) in [7, 11) is 0. The van der Waals surface area contributed by atoms with E-state index in [1.54, 1.807) is 0 Å². The third-order valence-electron chi connectivity index (χ3n) is 3.16. The minimum atomic E-state index is 0.533. The molecule has 0 spiro atoms. The van der Waals surface area contributed by atoms with Gasteiger partial charge >= 0.3 is 0 Å². The van der Waals surface area contributed by atoms with Crippen LogP contribution in [0.4, 0.5) is 0 Å². The summed E-state index contributed by atoms with van der Waals surface area (Å²) >= 11 is 1.97. The van der Waals surface area contributed by atoms with Crippen LogP contribution in [0.25, 0.3) is 0 Å². The molecule has 1 unspecified atom stereocenters. The topological polar surface area (TPSA) is 12.0 Å². The van der Waals surface area contributed by atoms with Crippen LogP contribution in [0.1, 0.15) is 39.5 Å². The molecule has 13 heavy (non-hydrogen) atoms. The van der Waals surface area contributed by atoms with Crippen molar-refractivity contribution in [3.63, 3.8) is 0 Å². The summed E-state index contributed by atoms with van der Waals surface area (Å²) in [5.74, 6) is 1.30. The predicted molar refractivity (Wildman–Crippen MR) is 62.4 cm³/mol. The maximum Gasteiger partial charge on any atom is 0.00684 e. The zero-order valence-corrected chi connectivity index (χ0v) is 10.0. The van der Waals surface area contributed by atoms with Gasteiger partial charge in [0.2, 0.25) is 0 Å². The molecule has 0 heterocycles. The summed E-state index contributed by atoms with van der Waals surface area (Å²) in [5.41, 5.74) is 0.533. The fraction of sp³-hybridized carbons (Fsp3) is 1.00. The average Bonchev–Trinajstić information content (AvgIpc) is 2.95. The molecule has 0 aromatic carbocycles. The van der Waals surface area contributed by atoms with E-state index in [1.807, 2.05) is 11.8 Å². The fourth-order valence-corrected chi connectivity index (χ4v) is 2.11. The second-order valence-corrected chi connectivity index (χ2v) is 5.55. The predicted octanol–water partition coefficient (Wildman–Crippen LogP) is 2.91. The van der Waals surface area contributed by atoms with Crippen molar-refractivity contribution in [3.05, 3.63) is 0 Å². The SMILES string of the molecule is CCC(C)(CCSC)CNC1CC1. The fourth-order valence-electron chi connectivity index (χ4n) is 1.42. The molecule has 1 aliphatic carbocycles. The van der Waals surface area contributed by atoms with E-state index in [4.69, 9.17) is 0 Å². The number of thioether (sulfide) groups is 1. The van der Waals surface area contributed by atoms with Gasteiger partial charge < -0.3 is 5.32 Å². The molecule has 1 aliphatic rings. The Balaban J connectivity index is 2.19. The molecule has 1 nitrogen and oxygen atoms in total. The van der Waals surface area contributed by atoms with Crippen LogP contribution in [0, 0.1) is 5.41 Å². The monoisotopic (exact) mass is 201 g/mol. The lowest BCUT2D eigenvalue weighted by Crippen LogP contribution is -2.33. The highest BCUT2D eigenvalue weighted by Gasteiger charge is 2.26. The van der Waals surface area contributed by atoms with Gasteiger partial charge in [0.25, 0.3) is 0 Å². The molecule has 0 aliphatic heterocycles. The smallest absolute Gasteiger partial charge is 0.00684 e. The van der Waals surface area contributed by atoms with E-state index < -0.39 is 0 Å². The molecule has 0 bridgehead atoms. The summed E-state index contributed by atoms with van der Waals surface area (Å²) in [6, 6.07) is 0.861. The standard InChI is InChI=1S/C11H23NS/c1-4-11(2,7-8-13-3)9-12-10-5-6-10/h10,12H,4-9H2,1-3H3. The van der Waals surface area contributed by atoms with Crippen LogP contribution >= 0.6 is 11.8 Å². The highest BCUT2D eigenvalue weighted by atomic mass is 32.2. The first-order valence-corrected chi connectivity index (χ1v) is 6.82. The van der Waals surface area contributed by atoms with E-state index in [9.17, 15) is 0 Å². The van der Waals surface area contributed by atoms with Crippen molar-refractivity contribution in [2.24, 2.45) is 5.41 Å².